The lowest BCUT2D eigenvalue weighted by atomic mass is 10.0. The van der Waals surface area contributed by atoms with E-state index < -0.39 is 13.9 Å². The number of carbonyl (C=O) groups excluding carboxylic acids is 1. The van der Waals surface area contributed by atoms with Crippen molar-refractivity contribution in [2.24, 2.45) is 5.73 Å². The van der Waals surface area contributed by atoms with Crippen LogP contribution in [0.15, 0.2) is 48.6 Å². The number of phosphoric ester groups is 1. The van der Waals surface area contributed by atoms with E-state index in [0.29, 0.717) is 13.0 Å². The topological polar surface area (TPSA) is 117 Å². The molecule has 0 amide bonds. The molecule has 304 valence electrons. The Kier molecular flexibility index (Phi) is 39.4. The van der Waals surface area contributed by atoms with Crippen molar-refractivity contribution < 1.29 is 32.8 Å². The maximum Gasteiger partial charge on any atom is 0.472 e. The highest BCUT2D eigenvalue weighted by Gasteiger charge is 2.24. The minimum absolute atomic E-state index is 0.0361. The second-order valence-corrected chi connectivity index (χ2v) is 15.3. The van der Waals surface area contributed by atoms with Gasteiger partial charge in [-0.3, -0.25) is 13.8 Å². The monoisotopic (exact) mass is 754 g/mol. The average Bonchev–Trinajstić information content (AvgIpc) is 3.14. The zero-order chi connectivity index (χ0) is 38.1. The first-order valence-corrected chi connectivity index (χ1v) is 22.6. The molecule has 0 aromatic carbocycles. The van der Waals surface area contributed by atoms with Crippen LogP contribution in [0, 0.1) is 0 Å². The summed E-state index contributed by atoms with van der Waals surface area (Å²) < 4.78 is 33.4. The maximum absolute atomic E-state index is 12.4. The molecular weight excluding hydrogens is 673 g/mol. The van der Waals surface area contributed by atoms with Crippen molar-refractivity contribution in [1.29, 1.82) is 0 Å². The molecule has 0 bridgehead atoms. The number of ether oxygens (including phenoxy) is 2. The highest BCUT2D eigenvalue weighted by Crippen LogP contribution is 2.43. The molecule has 1 unspecified atom stereocenters. The van der Waals surface area contributed by atoms with Gasteiger partial charge in [0.1, 0.15) is 12.7 Å². The third-order valence-corrected chi connectivity index (χ3v) is 9.77. The van der Waals surface area contributed by atoms with Crippen LogP contribution in [0.5, 0.6) is 0 Å². The Morgan fingerprint density at radius 3 is 1.52 bits per heavy atom. The van der Waals surface area contributed by atoms with Crippen molar-refractivity contribution in [3.8, 4) is 0 Å². The second kappa shape index (κ2) is 40.6. The van der Waals surface area contributed by atoms with E-state index in [2.05, 4.69) is 62.5 Å². The minimum atomic E-state index is -4.26. The van der Waals surface area contributed by atoms with Gasteiger partial charge in [-0.15, -0.1) is 0 Å². The lowest BCUT2D eigenvalue weighted by molar-refractivity contribution is -0.149. The van der Waals surface area contributed by atoms with E-state index in [1.807, 2.05) is 0 Å². The number of phosphoric acid groups is 1. The summed E-state index contributed by atoms with van der Waals surface area (Å²) in [6, 6.07) is 0. The second-order valence-electron chi connectivity index (χ2n) is 13.8. The molecule has 0 aliphatic carbocycles. The summed E-state index contributed by atoms with van der Waals surface area (Å²) in [7, 11) is -4.26. The zero-order valence-corrected chi connectivity index (χ0v) is 34.4. The number of allylic oxidation sites excluding steroid dienone is 8. The fraction of sp³-hybridized carbons (Fsp3) is 0.791. The van der Waals surface area contributed by atoms with Crippen molar-refractivity contribution in [2.75, 3.05) is 33.0 Å². The van der Waals surface area contributed by atoms with Crippen molar-refractivity contribution in [1.82, 2.24) is 0 Å². The highest BCUT2D eigenvalue weighted by molar-refractivity contribution is 7.47. The minimum Gasteiger partial charge on any atom is -0.463 e. The van der Waals surface area contributed by atoms with E-state index in [9.17, 15) is 14.3 Å². The van der Waals surface area contributed by atoms with Crippen LogP contribution in [0.25, 0.3) is 0 Å². The largest absolute Gasteiger partial charge is 0.472 e. The van der Waals surface area contributed by atoms with E-state index in [1.165, 1.54) is 103 Å². The molecule has 0 saturated carbocycles. The average molecular weight is 754 g/mol. The number of carbonyl (C=O) groups is 1. The van der Waals surface area contributed by atoms with Crippen LogP contribution in [0.1, 0.15) is 181 Å². The first-order chi connectivity index (χ1) is 25.4. The van der Waals surface area contributed by atoms with Crippen molar-refractivity contribution >= 4 is 13.8 Å². The van der Waals surface area contributed by atoms with E-state index >= 15 is 0 Å². The van der Waals surface area contributed by atoms with Gasteiger partial charge in [-0.2, -0.15) is 0 Å². The predicted octanol–water partition coefficient (Wildman–Crippen LogP) is 12.4. The highest BCUT2D eigenvalue weighted by atomic mass is 31.2. The molecule has 0 aromatic heterocycles. The van der Waals surface area contributed by atoms with Crippen LogP contribution < -0.4 is 5.73 Å². The first kappa shape index (κ1) is 50.5. The fourth-order valence-electron chi connectivity index (χ4n) is 5.60. The van der Waals surface area contributed by atoms with Crippen molar-refractivity contribution in [3.63, 3.8) is 0 Å². The SMILES string of the molecule is CCCCC/C=C\C/C=C\C/C=C\C/C=C\CCCCO[C@H](COC(=O)CCCCCCCCCCCCCCCCC)COP(=O)(O)OCCN. The van der Waals surface area contributed by atoms with E-state index in [0.717, 1.165) is 57.8 Å². The Labute approximate surface area is 320 Å². The van der Waals surface area contributed by atoms with Crippen LogP contribution in [0.3, 0.4) is 0 Å². The molecule has 0 heterocycles. The normalized spacial score (nSPS) is 14.0. The van der Waals surface area contributed by atoms with Crippen molar-refractivity contribution in [2.45, 2.75) is 187 Å². The molecule has 3 N–H and O–H groups in total. The molecule has 0 aliphatic rings. The Morgan fingerprint density at radius 1 is 0.577 bits per heavy atom. The van der Waals surface area contributed by atoms with Crippen LogP contribution in [-0.4, -0.2) is 49.9 Å². The van der Waals surface area contributed by atoms with E-state index in [4.69, 9.17) is 24.3 Å². The van der Waals surface area contributed by atoms with Crippen molar-refractivity contribution in [3.05, 3.63) is 48.6 Å². The quantitative estimate of drug-likeness (QED) is 0.0275. The molecule has 52 heavy (non-hydrogen) atoms. The summed E-state index contributed by atoms with van der Waals surface area (Å²) in [5, 5.41) is 0. The van der Waals surface area contributed by atoms with E-state index in [-0.39, 0.29) is 32.3 Å². The van der Waals surface area contributed by atoms with Gasteiger partial charge in [0.25, 0.3) is 0 Å². The Bertz CT molecular complexity index is 936. The third kappa shape index (κ3) is 39.7. The smallest absolute Gasteiger partial charge is 0.463 e. The van der Waals surface area contributed by atoms with Gasteiger partial charge in [-0.1, -0.05) is 165 Å². The summed E-state index contributed by atoms with van der Waals surface area (Å²) in [5.41, 5.74) is 5.36. The summed E-state index contributed by atoms with van der Waals surface area (Å²) in [6.07, 6.45) is 47.1. The molecule has 2 atom stereocenters. The van der Waals surface area contributed by atoms with Gasteiger partial charge in [0, 0.05) is 19.6 Å². The molecule has 0 aromatic rings. The van der Waals surface area contributed by atoms with Crippen LogP contribution >= 0.6 is 7.82 Å². The number of esters is 1. The van der Waals surface area contributed by atoms with Gasteiger partial charge >= 0.3 is 13.8 Å². The van der Waals surface area contributed by atoms with Gasteiger partial charge < -0.3 is 20.1 Å². The summed E-state index contributed by atoms with van der Waals surface area (Å²) in [6.45, 7) is 4.68. The van der Waals surface area contributed by atoms with Crippen LogP contribution in [-0.2, 0) is 27.9 Å². The molecule has 9 heteroatoms. The van der Waals surface area contributed by atoms with Crippen LogP contribution in [0.2, 0.25) is 0 Å². The number of hydrogen-bond acceptors (Lipinski definition) is 7. The number of nitrogens with two attached hydrogens (primary N) is 1. The van der Waals surface area contributed by atoms with Gasteiger partial charge in [-0.25, -0.2) is 4.57 Å². The predicted molar refractivity (Wildman–Crippen MR) is 219 cm³/mol. The standard InChI is InChI=1S/C43H80NO7P/c1-3-5-7-9-11-13-15-17-19-20-21-23-25-27-29-31-33-35-38-48-42(41-51-52(46,47)50-39-37-44)40-49-43(45)36-34-32-30-28-26-24-22-18-16-14-12-10-8-6-4-2/h11,13,17,19,21,23,27,29,42H,3-10,12,14-16,18,20,22,24-26,28,30-41,44H2,1-2H3,(H,46,47)/b13-11-,19-17-,23-21-,29-27-/t42-/m1/s1. The van der Waals surface area contributed by atoms with Gasteiger partial charge in [-0.05, 0) is 57.8 Å². The summed E-state index contributed by atoms with van der Waals surface area (Å²) in [4.78, 5) is 22.3. The van der Waals surface area contributed by atoms with Gasteiger partial charge in [0.2, 0.25) is 0 Å². The summed E-state index contributed by atoms with van der Waals surface area (Å²) >= 11 is 0. The fourth-order valence-corrected chi connectivity index (χ4v) is 6.37. The Hall–Kier alpha value is -1.54. The summed E-state index contributed by atoms with van der Waals surface area (Å²) in [5.74, 6) is -0.282. The van der Waals surface area contributed by atoms with E-state index in [1.54, 1.807) is 0 Å². The molecule has 0 rings (SSSR count). The maximum atomic E-state index is 12.4. The Morgan fingerprint density at radius 2 is 1.02 bits per heavy atom. The van der Waals surface area contributed by atoms with Gasteiger partial charge in [0.15, 0.2) is 0 Å². The zero-order valence-electron chi connectivity index (χ0n) is 33.5. The molecule has 0 radical (unpaired) electrons. The van der Waals surface area contributed by atoms with Gasteiger partial charge in [0.05, 0.1) is 13.2 Å². The molecular formula is C43H80NO7P. The molecule has 8 nitrogen and oxygen atoms in total. The number of rotatable bonds is 40. The van der Waals surface area contributed by atoms with Crippen LogP contribution in [0.4, 0.5) is 0 Å². The third-order valence-electron chi connectivity index (χ3n) is 8.79. The lowest BCUT2D eigenvalue weighted by Gasteiger charge is -2.19. The Balaban J connectivity index is 4.13. The first-order valence-electron chi connectivity index (χ1n) is 21.1. The molecule has 0 saturated heterocycles. The number of unbranched alkanes of at least 4 members (excludes halogenated alkanes) is 19. The molecule has 0 fully saturated rings. The molecule has 0 aliphatic heterocycles. The number of hydrogen-bond donors (Lipinski definition) is 2. The lowest BCUT2D eigenvalue weighted by Crippen LogP contribution is -2.27. The molecule has 0 spiro atoms.